The van der Waals surface area contributed by atoms with Gasteiger partial charge in [-0.1, -0.05) is 23.2 Å². The highest BCUT2D eigenvalue weighted by Gasteiger charge is 2.13. The van der Waals surface area contributed by atoms with Crippen LogP contribution in [0.4, 0.5) is 5.69 Å². The molecule has 0 aromatic heterocycles. The van der Waals surface area contributed by atoms with Crippen LogP contribution in [0.3, 0.4) is 0 Å². The van der Waals surface area contributed by atoms with E-state index in [1.54, 1.807) is 13.8 Å². The van der Waals surface area contributed by atoms with Gasteiger partial charge in [0, 0.05) is 11.3 Å². The topological polar surface area (TPSA) is 111 Å². The fraction of sp³-hybridized carbons (Fsp3) is 0.238. The van der Waals surface area contributed by atoms with Crippen molar-refractivity contribution in [2.45, 2.75) is 20.0 Å². The molecule has 0 bridgehead atoms. The van der Waals surface area contributed by atoms with Gasteiger partial charge in [0.2, 0.25) is 0 Å². The lowest BCUT2D eigenvalue weighted by molar-refractivity contribution is -0.146. The molecule has 0 spiro atoms. The van der Waals surface area contributed by atoms with Crippen LogP contribution in [0.25, 0.3) is 0 Å². The number of esters is 2. The van der Waals surface area contributed by atoms with Crippen LogP contribution in [0.15, 0.2) is 42.5 Å². The Hall–Kier alpha value is -3.10. The number of anilines is 1. The molecule has 0 saturated carbocycles. The van der Waals surface area contributed by atoms with Crippen molar-refractivity contribution in [3.05, 3.63) is 63.6 Å². The molecule has 2 aromatic carbocycles. The Morgan fingerprint density at radius 1 is 0.935 bits per heavy atom. The summed E-state index contributed by atoms with van der Waals surface area (Å²) < 4.78 is 9.90. The molecule has 8 nitrogen and oxygen atoms in total. The summed E-state index contributed by atoms with van der Waals surface area (Å²) in [5, 5.41) is 5.39. The van der Waals surface area contributed by atoms with E-state index in [0.717, 1.165) is 0 Å². The van der Waals surface area contributed by atoms with Crippen molar-refractivity contribution in [2.24, 2.45) is 0 Å². The van der Waals surface area contributed by atoms with Crippen molar-refractivity contribution in [3.8, 4) is 0 Å². The zero-order chi connectivity index (χ0) is 23.0. The first-order valence-corrected chi connectivity index (χ1v) is 9.91. The molecule has 0 radical (unpaired) electrons. The second kappa shape index (κ2) is 11.3. The van der Waals surface area contributed by atoms with Gasteiger partial charge in [-0.3, -0.25) is 14.4 Å². The lowest BCUT2D eigenvalue weighted by Gasteiger charge is -2.09. The van der Waals surface area contributed by atoms with Crippen LogP contribution in [0, 0.1) is 0 Å². The third kappa shape index (κ3) is 7.92. The molecule has 10 heteroatoms. The van der Waals surface area contributed by atoms with Gasteiger partial charge in [0.1, 0.15) is 6.54 Å². The van der Waals surface area contributed by atoms with E-state index in [1.165, 1.54) is 42.5 Å². The normalized spacial score (nSPS) is 10.4. The lowest BCUT2D eigenvalue weighted by atomic mass is 10.2. The summed E-state index contributed by atoms with van der Waals surface area (Å²) >= 11 is 11.6. The predicted molar refractivity (Wildman–Crippen MR) is 115 cm³/mol. The lowest BCUT2D eigenvalue weighted by Crippen LogP contribution is -2.32. The highest BCUT2D eigenvalue weighted by atomic mass is 35.5. The maximum Gasteiger partial charge on any atom is 0.338 e. The molecule has 164 valence electrons. The average Bonchev–Trinajstić information content (AvgIpc) is 2.72. The Bertz CT molecular complexity index is 976. The Labute approximate surface area is 188 Å². The first kappa shape index (κ1) is 24.2. The summed E-state index contributed by atoms with van der Waals surface area (Å²) in [7, 11) is 0. The summed E-state index contributed by atoms with van der Waals surface area (Å²) in [6.45, 7) is 2.51. The third-order valence-electron chi connectivity index (χ3n) is 3.69. The number of amides is 2. The molecule has 2 amide bonds. The number of benzene rings is 2. The van der Waals surface area contributed by atoms with Crippen molar-refractivity contribution >= 4 is 52.6 Å². The molecule has 0 unspecified atom stereocenters. The van der Waals surface area contributed by atoms with Gasteiger partial charge < -0.3 is 20.1 Å². The van der Waals surface area contributed by atoms with Gasteiger partial charge in [0.25, 0.3) is 11.8 Å². The largest absolute Gasteiger partial charge is 0.459 e. The highest BCUT2D eigenvalue weighted by molar-refractivity contribution is 6.42. The minimum Gasteiger partial charge on any atom is -0.459 e. The monoisotopic (exact) mass is 466 g/mol. The zero-order valence-corrected chi connectivity index (χ0v) is 18.3. The molecule has 0 saturated heterocycles. The third-order valence-corrected chi connectivity index (χ3v) is 4.43. The number of halogens is 2. The summed E-state index contributed by atoms with van der Waals surface area (Å²) in [6, 6.07) is 10.3. The minimum atomic E-state index is -0.796. The molecule has 0 aliphatic carbocycles. The number of carbonyl (C=O) groups is 4. The van der Waals surface area contributed by atoms with Crippen molar-refractivity contribution in [1.29, 1.82) is 0 Å². The van der Waals surface area contributed by atoms with Crippen LogP contribution >= 0.6 is 23.2 Å². The van der Waals surface area contributed by atoms with Crippen molar-refractivity contribution in [2.75, 3.05) is 18.5 Å². The molecule has 31 heavy (non-hydrogen) atoms. The molecule has 0 aliphatic rings. The Morgan fingerprint density at radius 3 is 2.19 bits per heavy atom. The molecule has 2 rings (SSSR count). The number of carbonyl (C=O) groups excluding carboxylic acids is 4. The van der Waals surface area contributed by atoms with Crippen LogP contribution in [-0.4, -0.2) is 43.0 Å². The highest BCUT2D eigenvalue weighted by Crippen LogP contribution is 2.22. The van der Waals surface area contributed by atoms with Crippen LogP contribution < -0.4 is 10.6 Å². The first-order valence-electron chi connectivity index (χ1n) is 9.15. The van der Waals surface area contributed by atoms with Gasteiger partial charge in [0.05, 0.1) is 21.7 Å². The van der Waals surface area contributed by atoms with Crippen molar-refractivity contribution in [1.82, 2.24) is 5.32 Å². The summed E-state index contributed by atoms with van der Waals surface area (Å²) in [6.07, 6.45) is -0.240. The number of nitrogens with one attached hydrogen (secondary N) is 2. The van der Waals surface area contributed by atoms with Crippen LogP contribution in [0.1, 0.15) is 34.6 Å². The Kier molecular flexibility index (Phi) is 8.84. The van der Waals surface area contributed by atoms with E-state index < -0.39 is 36.9 Å². The summed E-state index contributed by atoms with van der Waals surface area (Å²) in [4.78, 5) is 47.4. The van der Waals surface area contributed by atoms with Crippen molar-refractivity contribution in [3.63, 3.8) is 0 Å². The Balaban J connectivity index is 1.75. The SMILES string of the molecule is CC(C)OC(=O)c1ccc(NC(=O)COC(=O)CNC(=O)c2ccc(Cl)c(Cl)c2)cc1. The predicted octanol–water partition coefficient (Wildman–Crippen LogP) is 3.47. The van der Waals surface area contributed by atoms with E-state index in [0.29, 0.717) is 16.3 Å². The van der Waals surface area contributed by atoms with E-state index in [4.69, 9.17) is 32.7 Å². The quantitative estimate of drug-likeness (QED) is 0.576. The first-order chi connectivity index (χ1) is 14.7. The second-order valence-electron chi connectivity index (χ2n) is 6.55. The van der Waals surface area contributed by atoms with E-state index in [-0.39, 0.29) is 16.7 Å². The van der Waals surface area contributed by atoms with E-state index in [9.17, 15) is 19.2 Å². The van der Waals surface area contributed by atoms with E-state index in [1.807, 2.05) is 0 Å². The smallest absolute Gasteiger partial charge is 0.338 e. The Morgan fingerprint density at radius 2 is 1.58 bits per heavy atom. The van der Waals surface area contributed by atoms with Crippen molar-refractivity contribution < 1.29 is 28.7 Å². The molecule has 2 N–H and O–H groups in total. The number of rotatable bonds is 8. The summed E-state index contributed by atoms with van der Waals surface area (Å²) in [5.41, 5.74) is 0.978. The van der Waals surface area contributed by atoms with Gasteiger partial charge >= 0.3 is 11.9 Å². The van der Waals surface area contributed by atoms with Gasteiger partial charge in [-0.05, 0) is 56.3 Å². The molecule has 0 fully saturated rings. The molecule has 2 aromatic rings. The van der Waals surface area contributed by atoms with Gasteiger partial charge in [-0.25, -0.2) is 4.79 Å². The standard InChI is InChI=1S/C21H20Cl2N2O6/c1-12(2)31-21(29)13-3-6-15(7-4-13)25-18(26)11-30-19(27)10-24-20(28)14-5-8-16(22)17(23)9-14/h3-9,12H,10-11H2,1-2H3,(H,24,28)(H,25,26). The minimum absolute atomic E-state index is 0.207. The summed E-state index contributed by atoms with van der Waals surface area (Å²) in [5.74, 6) is -2.39. The molecule has 0 atom stereocenters. The van der Waals surface area contributed by atoms with Crippen LogP contribution in [0.2, 0.25) is 10.0 Å². The van der Waals surface area contributed by atoms with Crippen LogP contribution in [0.5, 0.6) is 0 Å². The van der Waals surface area contributed by atoms with E-state index >= 15 is 0 Å². The number of hydrogen-bond donors (Lipinski definition) is 2. The molecular formula is C21H20Cl2N2O6. The fourth-order valence-corrected chi connectivity index (χ4v) is 2.56. The number of hydrogen-bond acceptors (Lipinski definition) is 6. The van der Waals surface area contributed by atoms with Crippen LogP contribution in [-0.2, 0) is 19.1 Å². The average molecular weight is 467 g/mol. The zero-order valence-electron chi connectivity index (χ0n) is 16.7. The molecule has 0 aliphatic heterocycles. The second-order valence-corrected chi connectivity index (χ2v) is 7.37. The van der Waals surface area contributed by atoms with Gasteiger partial charge in [0.15, 0.2) is 6.61 Å². The fourth-order valence-electron chi connectivity index (χ4n) is 2.26. The number of ether oxygens (including phenoxy) is 2. The van der Waals surface area contributed by atoms with E-state index in [2.05, 4.69) is 10.6 Å². The maximum atomic E-state index is 12.0. The van der Waals surface area contributed by atoms with Gasteiger partial charge in [-0.15, -0.1) is 0 Å². The van der Waals surface area contributed by atoms with Gasteiger partial charge in [-0.2, -0.15) is 0 Å². The molecular weight excluding hydrogens is 447 g/mol. The maximum absolute atomic E-state index is 12.0. The molecule has 0 heterocycles.